The molecule has 0 spiro atoms. The highest BCUT2D eigenvalue weighted by Gasteiger charge is 2.35. The van der Waals surface area contributed by atoms with Crippen LogP contribution in [0.3, 0.4) is 0 Å². The van der Waals surface area contributed by atoms with Crippen molar-refractivity contribution in [3.63, 3.8) is 0 Å². The summed E-state index contributed by atoms with van der Waals surface area (Å²) in [6, 6.07) is 5.15. The van der Waals surface area contributed by atoms with E-state index in [-0.39, 0.29) is 16.7 Å². The maximum absolute atomic E-state index is 12.5. The summed E-state index contributed by atoms with van der Waals surface area (Å²) < 4.78 is 27.8. The summed E-state index contributed by atoms with van der Waals surface area (Å²) in [6.45, 7) is 0.388. The maximum atomic E-state index is 12.5. The number of sulfonamides is 1. The van der Waals surface area contributed by atoms with Gasteiger partial charge < -0.3 is 5.11 Å². The van der Waals surface area contributed by atoms with Crippen molar-refractivity contribution in [2.24, 2.45) is 0 Å². The molecule has 3 heterocycles. The Kier molecular flexibility index (Phi) is 3.01. The lowest BCUT2D eigenvalue weighted by Gasteiger charge is -2.15. The van der Waals surface area contributed by atoms with E-state index in [0.29, 0.717) is 18.6 Å². The molecule has 102 valence electrons. The molecule has 1 N–H and O–H groups in total. The van der Waals surface area contributed by atoms with E-state index in [1.807, 2.05) is 0 Å². The van der Waals surface area contributed by atoms with Gasteiger partial charge in [-0.2, -0.15) is 4.31 Å². The Morgan fingerprint density at radius 2 is 2.21 bits per heavy atom. The number of pyridine rings is 1. The lowest BCUT2D eigenvalue weighted by atomic mass is 10.3. The number of β-amino-alcohol motifs (C(OH)–C–C–N with tert-alkyl or cyclic N) is 1. The molecule has 1 aliphatic rings. The summed E-state index contributed by atoms with van der Waals surface area (Å²) in [6.07, 6.45) is 1.43. The molecule has 19 heavy (non-hydrogen) atoms. The molecular formula is C11H12ClN3O3S. The molecule has 8 heteroatoms. The van der Waals surface area contributed by atoms with Gasteiger partial charge in [-0.25, -0.2) is 13.4 Å². The molecule has 0 aliphatic carbocycles. The minimum absolute atomic E-state index is 0.0427. The van der Waals surface area contributed by atoms with Crippen LogP contribution >= 0.6 is 11.6 Å². The Bertz CT molecular complexity index is 728. The highest BCUT2D eigenvalue weighted by molar-refractivity contribution is 7.89. The van der Waals surface area contributed by atoms with Crippen molar-refractivity contribution in [2.75, 3.05) is 13.1 Å². The largest absolute Gasteiger partial charge is 0.392 e. The lowest BCUT2D eigenvalue weighted by Crippen LogP contribution is -2.30. The van der Waals surface area contributed by atoms with Crippen LogP contribution in [0.2, 0.25) is 5.15 Å². The van der Waals surface area contributed by atoms with E-state index in [2.05, 4.69) is 4.98 Å². The number of rotatable bonds is 2. The summed E-state index contributed by atoms with van der Waals surface area (Å²) in [5, 5.41) is 9.39. The number of aliphatic hydroxyl groups excluding tert-OH is 1. The van der Waals surface area contributed by atoms with Gasteiger partial charge in [0.05, 0.1) is 6.10 Å². The van der Waals surface area contributed by atoms with Crippen LogP contribution in [-0.2, 0) is 10.0 Å². The number of imidazole rings is 1. The number of nitrogens with zero attached hydrogens (tertiary/aromatic N) is 3. The zero-order chi connectivity index (χ0) is 13.6. The average molecular weight is 302 g/mol. The van der Waals surface area contributed by atoms with E-state index in [1.165, 1.54) is 8.71 Å². The number of hydrogen-bond acceptors (Lipinski definition) is 4. The number of halogens is 1. The summed E-state index contributed by atoms with van der Waals surface area (Å²) in [5.41, 5.74) is 0.478. The Labute approximate surface area is 115 Å². The Morgan fingerprint density at radius 1 is 1.42 bits per heavy atom. The molecule has 1 atom stereocenters. The quantitative estimate of drug-likeness (QED) is 0.888. The van der Waals surface area contributed by atoms with Crippen LogP contribution in [0.4, 0.5) is 0 Å². The van der Waals surface area contributed by atoms with Crippen molar-refractivity contribution < 1.29 is 13.5 Å². The van der Waals surface area contributed by atoms with Crippen molar-refractivity contribution in [1.82, 2.24) is 13.7 Å². The Balaban J connectivity index is 2.16. The SMILES string of the molecule is O=S(=O)(c1c(Cl)nc2ccccn12)N1CCC(O)C1. The first kappa shape index (κ1) is 12.9. The van der Waals surface area contributed by atoms with Crippen LogP contribution in [0.15, 0.2) is 29.4 Å². The second kappa shape index (κ2) is 4.45. The van der Waals surface area contributed by atoms with E-state index in [4.69, 9.17) is 11.6 Å². The first-order valence-electron chi connectivity index (χ1n) is 5.81. The summed E-state index contributed by atoms with van der Waals surface area (Å²) >= 11 is 5.97. The summed E-state index contributed by atoms with van der Waals surface area (Å²) in [4.78, 5) is 4.03. The van der Waals surface area contributed by atoms with E-state index in [1.54, 1.807) is 24.4 Å². The van der Waals surface area contributed by atoms with E-state index < -0.39 is 16.1 Å². The molecule has 2 aromatic heterocycles. The third-order valence-electron chi connectivity index (χ3n) is 3.16. The molecule has 1 aliphatic heterocycles. The van der Waals surface area contributed by atoms with E-state index >= 15 is 0 Å². The molecule has 2 aromatic rings. The number of fused-ring (bicyclic) bond motifs is 1. The second-order valence-electron chi connectivity index (χ2n) is 4.44. The number of aliphatic hydroxyl groups is 1. The van der Waals surface area contributed by atoms with Gasteiger partial charge in [0.25, 0.3) is 10.0 Å². The molecule has 0 radical (unpaired) electrons. The molecule has 6 nitrogen and oxygen atoms in total. The minimum atomic E-state index is -3.74. The third kappa shape index (κ3) is 2.02. The molecular weight excluding hydrogens is 290 g/mol. The summed E-state index contributed by atoms with van der Waals surface area (Å²) in [7, 11) is -3.74. The van der Waals surface area contributed by atoms with Gasteiger partial charge in [0.2, 0.25) is 0 Å². The van der Waals surface area contributed by atoms with Crippen LogP contribution < -0.4 is 0 Å². The zero-order valence-corrected chi connectivity index (χ0v) is 11.5. The standard InChI is InChI=1S/C11H12ClN3O3S/c12-10-11(15-5-2-1-3-9(15)13-10)19(17,18)14-6-4-8(16)7-14/h1-3,5,8,16H,4,6-7H2. The van der Waals surface area contributed by atoms with E-state index in [0.717, 1.165) is 0 Å². The molecule has 1 unspecified atom stereocenters. The molecule has 0 bridgehead atoms. The van der Waals surface area contributed by atoms with Crippen LogP contribution in [-0.4, -0.2) is 46.4 Å². The highest BCUT2D eigenvalue weighted by Crippen LogP contribution is 2.27. The highest BCUT2D eigenvalue weighted by atomic mass is 35.5. The van der Waals surface area contributed by atoms with Gasteiger partial charge in [0.1, 0.15) is 5.65 Å². The fourth-order valence-corrected chi connectivity index (χ4v) is 4.32. The predicted molar refractivity (Wildman–Crippen MR) is 69.6 cm³/mol. The average Bonchev–Trinajstić information content (AvgIpc) is 2.92. The number of hydrogen-bond donors (Lipinski definition) is 1. The third-order valence-corrected chi connectivity index (χ3v) is 5.42. The van der Waals surface area contributed by atoms with Crippen molar-refractivity contribution >= 4 is 27.3 Å². The zero-order valence-electron chi connectivity index (χ0n) is 9.90. The monoisotopic (exact) mass is 301 g/mol. The van der Waals surface area contributed by atoms with Gasteiger partial charge in [-0.05, 0) is 18.6 Å². The Morgan fingerprint density at radius 3 is 2.89 bits per heavy atom. The fraction of sp³-hybridized carbons (Fsp3) is 0.364. The first-order chi connectivity index (χ1) is 9.00. The van der Waals surface area contributed by atoms with Crippen LogP contribution in [0.5, 0.6) is 0 Å². The molecule has 1 saturated heterocycles. The van der Waals surface area contributed by atoms with Gasteiger partial charge in [-0.15, -0.1) is 0 Å². The predicted octanol–water partition coefficient (Wildman–Crippen LogP) is 0.743. The maximum Gasteiger partial charge on any atom is 0.262 e. The first-order valence-corrected chi connectivity index (χ1v) is 7.63. The van der Waals surface area contributed by atoms with Crippen LogP contribution in [0.25, 0.3) is 5.65 Å². The van der Waals surface area contributed by atoms with Crippen LogP contribution in [0, 0.1) is 0 Å². The van der Waals surface area contributed by atoms with E-state index in [9.17, 15) is 13.5 Å². The smallest absolute Gasteiger partial charge is 0.262 e. The van der Waals surface area contributed by atoms with Gasteiger partial charge in [0.15, 0.2) is 10.2 Å². The molecule has 0 amide bonds. The normalized spacial score (nSPS) is 21.3. The van der Waals surface area contributed by atoms with Gasteiger partial charge in [-0.3, -0.25) is 4.40 Å². The minimum Gasteiger partial charge on any atom is -0.392 e. The van der Waals surface area contributed by atoms with Gasteiger partial charge >= 0.3 is 0 Å². The molecule has 3 rings (SSSR count). The van der Waals surface area contributed by atoms with Crippen molar-refractivity contribution in [3.8, 4) is 0 Å². The fourth-order valence-electron chi connectivity index (χ4n) is 2.23. The number of aromatic nitrogens is 2. The molecule has 0 saturated carbocycles. The Hall–Kier alpha value is -1.15. The van der Waals surface area contributed by atoms with Gasteiger partial charge in [0, 0.05) is 19.3 Å². The van der Waals surface area contributed by atoms with Crippen molar-refractivity contribution in [1.29, 1.82) is 0 Å². The lowest BCUT2D eigenvalue weighted by molar-refractivity contribution is 0.189. The second-order valence-corrected chi connectivity index (χ2v) is 6.65. The van der Waals surface area contributed by atoms with Crippen molar-refractivity contribution in [2.45, 2.75) is 17.6 Å². The van der Waals surface area contributed by atoms with Crippen LogP contribution in [0.1, 0.15) is 6.42 Å². The van der Waals surface area contributed by atoms with Crippen molar-refractivity contribution in [3.05, 3.63) is 29.5 Å². The molecule has 0 aromatic carbocycles. The van der Waals surface area contributed by atoms with Gasteiger partial charge in [-0.1, -0.05) is 17.7 Å². The topological polar surface area (TPSA) is 74.9 Å². The molecule has 1 fully saturated rings. The summed E-state index contributed by atoms with van der Waals surface area (Å²) in [5.74, 6) is 0.